The third kappa shape index (κ3) is 2.20. The zero-order valence-corrected chi connectivity index (χ0v) is 9.02. The lowest BCUT2D eigenvalue weighted by Crippen LogP contribution is -2.62. The van der Waals surface area contributed by atoms with Crippen molar-refractivity contribution >= 4 is 0 Å². The third-order valence-corrected chi connectivity index (χ3v) is 2.68. The molecule has 1 N–H and O–H groups in total. The molecule has 0 spiro atoms. The molecule has 0 bridgehead atoms. The topological polar surface area (TPSA) is 15.3 Å². The zero-order chi connectivity index (χ0) is 9.35. The highest BCUT2D eigenvalue weighted by Gasteiger charge is 2.31. The maximum atomic E-state index is 3.55. The second-order valence-corrected chi connectivity index (χ2v) is 4.88. The van der Waals surface area contributed by atoms with Gasteiger partial charge in [-0.1, -0.05) is 0 Å². The lowest BCUT2D eigenvalue weighted by molar-refractivity contribution is 0.0761. The van der Waals surface area contributed by atoms with Crippen LogP contribution in [-0.2, 0) is 0 Å². The molecule has 0 radical (unpaired) electrons. The van der Waals surface area contributed by atoms with Crippen LogP contribution in [0.15, 0.2) is 0 Å². The van der Waals surface area contributed by atoms with Crippen LogP contribution in [0.1, 0.15) is 34.6 Å². The van der Waals surface area contributed by atoms with Crippen molar-refractivity contribution in [3.05, 3.63) is 0 Å². The number of rotatable bonds is 1. The fourth-order valence-electron chi connectivity index (χ4n) is 1.90. The fourth-order valence-corrected chi connectivity index (χ4v) is 1.90. The van der Waals surface area contributed by atoms with Gasteiger partial charge in [0.1, 0.15) is 0 Å². The van der Waals surface area contributed by atoms with Crippen molar-refractivity contribution in [1.29, 1.82) is 0 Å². The standard InChI is InChI=1S/C10H22N2/c1-8(2)12-7-10(4,5)11-6-9(12)3/h8-9,11H,6-7H2,1-5H3. The third-order valence-electron chi connectivity index (χ3n) is 2.68. The number of nitrogens with one attached hydrogen (secondary N) is 1. The molecule has 12 heavy (non-hydrogen) atoms. The first-order valence-electron chi connectivity index (χ1n) is 4.93. The summed E-state index contributed by atoms with van der Waals surface area (Å²) in [5, 5.41) is 3.55. The summed E-state index contributed by atoms with van der Waals surface area (Å²) in [7, 11) is 0. The van der Waals surface area contributed by atoms with Gasteiger partial charge in [-0.25, -0.2) is 0 Å². The second kappa shape index (κ2) is 3.35. The Morgan fingerprint density at radius 1 is 1.42 bits per heavy atom. The van der Waals surface area contributed by atoms with Crippen molar-refractivity contribution in [2.45, 2.75) is 52.2 Å². The molecule has 0 aliphatic carbocycles. The summed E-state index contributed by atoms with van der Waals surface area (Å²) in [5.41, 5.74) is 0.288. The monoisotopic (exact) mass is 170 g/mol. The molecular weight excluding hydrogens is 148 g/mol. The van der Waals surface area contributed by atoms with Gasteiger partial charge in [-0.05, 0) is 34.6 Å². The summed E-state index contributed by atoms with van der Waals surface area (Å²) < 4.78 is 0. The minimum atomic E-state index is 0.288. The molecule has 0 saturated carbocycles. The molecule has 0 aromatic carbocycles. The van der Waals surface area contributed by atoms with Gasteiger partial charge in [0, 0.05) is 30.7 Å². The van der Waals surface area contributed by atoms with Crippen molar-refractivity contribution in [3.8, 4) is 0 Å². The highest BCUT2D eigenvalue weighted by Crippen LogP contribution is 2.16. The van der Waals surface area contributed by atoms with Crippen LogP contribution >= 0.6 is 0 Å². The number of hydrogen-bond donors (Lipinski definition) is 1. The minimum Gasteiger partial charge on any atom is -0.309 e. The summed E-state index contributed by atoms with van der Waals surface area (Å²) >= 11 is 0. The van der Waals surface area contributed by atoms with Gasteiger partial charge in [0.05, 0.1) is 0 Å². The van der Waals surface area contributed by atoms with Crippen LogP contribution in [0.25, 0.3) is 0 Å². The van der Waals surface area contributed by atoms with Crippen LogP contribution in [0.2, 0.25) is 0 Å². The normalized spacial score (nSPS) is 31.0. The highest BCUT2D eigenvalue weighted by atomic mass is 15.3. The van der Waals surface area contributed by atoms with Crippen LogP contribution in [0, 0.1) is 0 Å². The Bertz CT molecular complexity index is 152. The van der Waals surface area contributed by atoms with E-state index in [0.29, 0.717) is 12.1 Å². The molecule has 1 aliphatic heterocycles. The van der Waals surface area contributed by atoms with E-state index in [9.17, 15) is 0 Å². The summed E-state index contributed by atoms with van der Waals surface area (Å²) in [4.78, 5) is 2.57. The maximum absolute atomic E-state index is 3.55. The highest BCUT2D eigenvalue weighted by molar-refractivity contribution is 4.91. The van der Waals surface area contributed by atoms with Gasteiger partial charge in [0.15, 0.2) is 0 Å². The van der Waals surface area contributed by atoms with E-state index in [0.717, 1.165) is 13.1 Å². The van der Waals surface area contributed by atoms with Crippen molar-refractivity contribution < 1.29 is 0 Å². The van der Waals surface area contributed by atoms with Gasteiger partial charge < -0.3 is 5.32 Å². The van der Waals surface area contributed by atoms with Crippen molar-refractivity contribution in [2.75, 3.05) is 13.1 Å². The van der Waals surface area contributed by atoms with E-state index < -0.39 is 0 Å². The Hall–Kier alpha value is -0.0800. The Morgan fingerprint density at radius 2 is 2.00 bits per heavy atom. The Balaban J connectivity index is 2.59. The molecule has 0 aromatic rings. The number of piperazine rings is 1. The first-order valence-corrected chi connectivity index (χ1v) is 4.93. The average Bonchev–Trinajstić information content (AvgIpc) is 1.94. The van der Waals surface area contributed by atoms with Crippen molar-refractivity contribution in [3.63, 3.8) is 0 Å². The number of nitrogens with zero attached hydrogens (tertiary/aromatic N) is 1. The van der Waals surface area contributed by atoms with E-state index in [1.807, 2.05) is 0 Å². The van der Waals surface area contributed by atoms with Crippen LogP contribution in [0.3, 0.4) is 0 Å². The SMILES string of the molecule is CC(C)N1CC(C)(C)NCC1C. The smallest absolute Gasteiger partial charge is 0.0253 e. The van der Waals surface area contributed by atoms with Gasteiger partial charge in [-0.15, -0.1) is 0 Å². The Morgan fingerprint density at radius 3 is 2.42 bits per heavy atom. The van der Waals surface area contributed by atoms with Crippen LogP contribution in [-0.4, -0.2) is 35.6 Å². The zero-order valence-electron chi connectivity index (χ0n) is 9.02. The first kappa shape index (κ1) is 10.0. The maximum Gasteiger partial charge on any atom is 0.0253 e. The van der Waals surface area contributed by atoms with Gasteiger partial charge >= 0.3 is 0 Å². The van der Waals surface area contributed by atoms with Crippen LogP contribution in [0.5, 0.6) is 0 Å². The molecule has 1 rings (SSSR count). The molecule has 2 nitrogen and oxygen atoms in total. The van der Waals surface area contributed by atoms with Gasteiger partial charge in [-0.2, -0.15) is 0 Å². The molecule has 2 heteroatoms. The molecule has 1 unspecified atom stereocenters. The molecule has 1 atom stereocenters. The summed E-state index contributed by atoms with van der Waals surface area (Å²) in [6.45, 7) is 13.7. The summed E-state index contributed by atoms with van der Waals surface area (Å²) in [6, 6.07) is 1.35. The van der Waals surface area contributed by atoms with Gasteiger partial charge in [0.2, 0.25) is 0 Å². The van der Waals surface area contributed by atoms with Crippen LogP contribution in [0.4, 0.5) is 0 Å². The Labute approximate surface area is 76.3 Å². The van der Waals surface area contributed by atoms with Crippen molar-refractivity contribution in [1.82, 2.24) is 10.2 Å². The lowest BCUT2D eigenvalue weighted by atomic mass is 9.98. The van der Waals surface area contributed by atoms with Crippen LogP contribution < -0.4 is 5.32 Å². The minimum absolute atomic E-state index is 0.288. The van der Waals surface area contributed by atoms with E-state index >= 15 is 0 Å². The van der Waals surface area contributed by atoms with E-state index in [4.69, 9.17) is 0 Å². The largest absolute Gasteiger partial charge is 0.309 e. The van der Waals surface area contributed by atoms with E-state index in [-0.39, 0.29) is 5.54 Å². The Kier molecular flexibility index (Phi) is 2.79. The number of hydrogen-bond acceptors (Lipinski definition) is 2. The second-order valence-electron chi connectivity index (χ2n) is 4.88. The van der Waals surface area contributed by atoms with E-state index in [1.54, 1.807) is 0 Å². The molecule has 1 fully saturated rings. The molecule has 72 valence electrons. The predicted octanol–water partition coefficient (Wildman–Crippen LogP) is 1.47. The predicted molar refractivity (Wildman–Crippen MR) is 53.4 cm³/mol. The molecule has 1 heterocycles. The lowest BCUT2D eigenvalue weighted by Gasteiger charge is -2.45. The van der Waals surface area contributed by atoms with Gasteiger partial charge in [0.25, 0.3) is 0 Å². The first-order chi connectivity index (χ1) is 5.42. The average molecular weight is 170 g/mol. The summed E-state index contributed by atoms with van der Waals surface area (Å²) in [5.74, 6) is 0. The quantitative estimate of drug-likeness (QED) is 0.641. The molecule has 1 aliphatic rings. The molecule has 1 saturated heterocycles. The fraction of sp³-hybridized carbons (Fsp3) is 1.00. The van der Waals surface area contributed by atoms with Gasteiger partial charge in [-0.3, -0.25) is 4.90 Å². The molecular formula is C10H22N2. The van der Waals surface area contributed by atoms with E-state index in [1.165, 1.54) is 0 Å². The van der Waals surface area contributed by atoms with E-state index in [2.05, 4.69) is 44.8 Å². The summed E-state index contributed by atoms with van der Waals surface area (Å²) in [6.07, 6.45) is 0. The molecule has 0 amide bonds. The molecule has 0 aromatic heterocycles. The van der Waals surface area contributed by atoms with Crippen molar-refractivity contribution in [2.24, 2.45) is 0 Å².